The number of alkyl halides is 3. The van der Waals surface area contributed by atoms with Crippen LogP contribution in [0.3, 0.4) is 0 Å². The van der Waals surface area contributed by atoms with Crippen molar-refractivity contribution in [3.63, 3.8) is 0 Å². The van der Waals surface area contributed by atoms with Gasteiger partial charge >= 0.3 is 6.18 Å². The molecule has 0 amide bonds. The monoisotopic (exact) mass is 409 g/mol. The molecule has 0 saturated carbocycles. The zero-order chi connectivity index (χ0) is 15.6. The molecule has 0 bridgehead atoms. The Balaban J connectivity index is 2.24. The van der Waals surface area contributed by atoms with Crippen LogP contribution in [0.1, 0.15) is 16.7 Å². The molecule has 1 N–H and O–H groups in total. The van der Waals surface area contributed by atoms with E-state index in [0.29, 0.717) is 6.07 Å². The highest BCUT2D eigenvalue weighted by Gasteiger charge is 2.33. The second kappa shape index (κ2) is 6.21. The van der Waals surface area contributed by atoms with E-state index >= 15 is 0 Å². The molecule has 0 aliphatic heterocycles. The minimum atomic E-state index is -4.57. The molecule has 0 saturated heterocycles. The minimum Gasteiger partial charge on any atom is -0.381 e. The van der Waals surface area contributed by atoms with Crippen LogP contribution in [-0.2, 0) is 12.7 Å². The van der Waals surface area contributed by atoms with Crippen LogP contribution in [0.5, 0.6) is 0 Å². The Morgan fingerprint density at radius 1 is 1.10 bits per heavy atom. The number of hydrogen-bond donors (Lipinski definition) is 1. The van der Waals surface area contributed by atoms with Gasteiger partial charge in [-0.1, -0.05) is 6.07 Å². The topological polar surface area (TPSA) is 12.0 Å². The van der Waals surface area contributed by atoms with E-state index in [-0.39, 0.29) is 12.1 Å². The van der Waals surface area contributed by atoms with Crippen LogP contribution >= 0.6 is 22.6 Å². The van der Waals surface area contributed by atoms with Crippen molar-refractivity contribution in [3.05, 3.63) is 62.5 Å². The molecule has 0 spiro atoms. The van der Waals surface area contributed by atoms with Crippen LogP contribution in [0.4, 0.5) is 23.2 Å². The van der Waals surface area contributed by atoms with Crippen LogP contribution in [0.2, 0.25) is 0 Å². The first-order valence-corrected chi connectivity index (χ1v) is 7.21. The molecule has 0 aliphatic carbocycles. The molecule has 1 nitrogen and oxygen atoms in total. The highest BCUT2D eigenvalue weighted by Crippen LogP contribution is 2.33. The molecule has 112 valence electrons. The van der Waals surface area contributed by atoms with Crippen molar-refractivity contribution in [3.8, 4) is 0 Å². The summed E-state index contributed by atoms with van der Waals surface area (Å²) < 4.78 is 52.8. The van der Waals surface area contributed by atoms with Crippen molar-refractivity contribution < 1.29 is 17.6 Å². The lowest BCUT2D eigenvalue weighted by Crippen LogP contribution is -2.12. The lowest BCUT2D eigenvalue weighted by atomic mass is 10.1. The van der Waals surface area contributed by atoms with E-state index in [4.69, 9.17) is 0 Å². The van der Waals surface area contributed by atoms with Crippen LogP contribution < -0.4 is 5.32 Å². The number of nitrogens with one attached hydrogen (secondary N) is 1. The SMILES string of the molecule is Cc1cc(I)ccc1NCc1ccc(F)cc1C(F)(F)F. The summed E-state index contributed by atoms with van der Waals surface area (Å²) in [4.78, 5) is 0. The number of aryl methyl sites for hydroxylation is 1. The van der Waals surface area contributed by atoms with Gasteiger partial charge in [0.15, 0.2) is 0 Å². The highest BCUT2D eigenvalue weighted by atomic mass is 127. The fourth-order valence-electron chi connectivity index (χ4n) is 1.98. The first-order valence-electron chi connectivity index (χ1n) is 6.13. The highest BCUT2D eigenvalue weighted by molar-refractivity contribution is 14.1. The van der Waals surface area contributed by atoms with Crippen molar-refractivity contribution >= 4 is 28.3 Å². The average Bonchev–Trinajstić information content (AvgIpc) is 2.38. The van der Waals surface area contributed by atoms with E-state index in [1.54, 1.807) is 0 Å². The molecular formula is C15H12F4IN. The summed E-state index contributed by atoms with van der Waals surface area (Å²) in [7, 11) is 0. The maximum absolute atomic E-state index is 13.0. The Morgan fingerprint density at radius 3 is 2.43 bits per heavy atom. The van der Waals surface area contributed by atoms with E-state index < -0.39 is 17.6 Å². The molecule has 0 radical (unpaired) electrons. The molecular weight excluding hydrogens is 397 g/mol. The lowest BCUT2D eigenvalue weighted by Gasteiger charge is -2.15. The predicted molar refractivity (Wildman–Crippen MR) is 82.6 cm³/mol. The molecule has 2 rings (SSSR count). The van der Waals surface area contributed by atoms with Crippen LogP contribution in [0.15, 0.2) is 36.4 Å². The van der Waals surface area contributed by atoms with Gasteiger partial charge in [-0.2, -0.15) is 13.2 Å². The maximum Gasteiger partial charge on any atom is 0.416 e. The van der Waals surface area contributed by atoms with Crippen LogP contribution in [0, 0.1) is 16.3 Å². The molecule has 2 aromatic carbocycles. The Bertz CT molecular complexity index is 653. The number of anilines is 1. The molecule has 0 unspecified atom stereocenters. The summed E-state index contributed by atoms with van der Waals surface area (Å²) in [5.41, 5.74) is 0.769. The molecule has 2 aromatic rings. The number of rotatable bonds is 3. The molecule has 0 fully saturated rings. The van der Waals surface area contributed by atoms with Gasteiger partial charge in [0.2, 0.25) is 0 Å². The van der Waals surface area contributed by atoms with Gasteiger partial charge in [-0.15, -0.1) is 0 Å². The van der Waals surface area contributed by atoms with Crippen molar-refractivity contribution in [2.24, 2.45) is 0 Å². The fraction of sp³-hybridized carbons (Fsp3) is 0.200. The summed E-state index contributed by atoms with van der Waals surface area (Å²) in [6, 6.07) is 8.33. The Labute approximate surface area is 133 Å². The molecule has 0 aromatic heterocycles. The first-order chi connectivity index (χ1) is 9.77. The van der Waals surface area contributed by atoms with Gasteiger partial charge in [0.25, 0.3) is 0 Å². The van der Waals surface area contributed by atoms with E-state index in [0.717, 1.165) is 27.0 Å². The normalized spacial score (nSPS) is 11.5. The van der Waals surface area contributed by atoms with E-state index in [1.165, 1.54) is 0 Å². The standard InChI is InChI=1S/C15H12F4IN/c1-9-6-12(20)4-5-14(9)21-8-10-2-3-11(16)7-13(10)15(17,18)19/h2-7,21H,8H2,1H3. The zero-order valence-electron chi connectivity index (χ0n) is 11.1. The van der Waals surface area contributed by atoms with Crippen molar-refractivity contribution in [1.29, 1.82) is 0 Å². The van der Waals surface area contributed by atoms with Gasteiger partial charge < -0.3 is 5.32 Å². The van der Waals surface area contributed by atoms with Crippen molar-refractivity contribution in [2.75, 3.05) is 5.32 Å². The maximum atomic E-state index is 13.0. The Morgan fingerprint density at radius 2 is 1.81 bits per heavy atom. The third-order valence-corrected chi connectivity index (χ3v) is 3.71. The van der Waals surface area contributed by atoms with Crippen molar-refractivity contribution in [1.82, 2.24) is 0 Å². The minimum absolute atomic E-state index is 0.0156. The predicted octanol–water partition coefficient (Wildman–Crippen LogP) is 5.37. The van der Waals surface area contributed by atoms with E-state index in [9.17, 15) is 17.6 Å². The zero-order valence-corrected chi connectivity index (χ0v) is 13.2. The summed E-state index contributed by atoms with van der Waals surface area (Å²) >= 11 is 2.16. The van der Waals surface area contributed by atoms with Crippen molar-refractivity contribution in [2.45, 2.75) is 19.6 Å². The van der Waals surface area contributed by atoms with Crippen LogP contribution in [-0.4, -0.2) is 0 Å². The molecule has 0 aliphatic rings. The van der Waals surface area contributed by atoms with E-state index in [2.05, 4.69) is 27.9 Å². The van der Waals surface area contributed by atoms with Gasteiger partial charge in [0, 0.05) is 15.8 Å². The smallest absolute Gasteiger partial charge is 0.381 e. The summed E-state index contributed by atoms with van der Waals surface area (Å²) in [6.45, 7) is 1.86. The first kappa shape index (κ1) is 16.1. The third kappa shape index (κ3) is 4.09. The number of halogens is 5. The number of hydrogen-bond acceptors (Lipinski definition) is 1. The molecule has 21 heavy (non-hydrogen) atoms. The second-order valence-electron chi connectivity index (χ2n) is 4.61. The second-order valence-corrected chi connectivity index (χ2v) is 5.86. The van der Waals surface area contributed by atoms with Crippen LogP contribution in [0.25, 0.3) is 0 Å². The molecule has 0 atom stereocenters. The Hall–Kier alpha value is -1.31. The lowest BCUT2D eigenvalue weighted by molar-refractivity contribution is -0.138. The molecule has 0 heterocycles. The number of benzene rings is 2. The van der Waals surface area contributed by atoms with Gasteiger partial charge in [-0.25, -0.2) is 4.39 Å². The quantitative estimate of drug-likeness (QED) is 0.531. The third-order valence-electron chi connectivity index (χ3n) is 3.04. The van der Waals surface area contributed by atoms with E-state index in [1.807, 2.05) is 25.1 Å². The Kier molecular flexibility index (Phi) is 4.75. The summed E-state index contributed by atoms with van der Waals surface area (Å²) in [5.74, 6) is -0.892. The summed E-state index contributed by atoms with van der Waals surface area (Å²) in [5, 5.41) is 2.96. The largest absolute Gasteiger partial charge is 0.416 e. The van der Waals surface area contributed by atoms with Gasteiger partial charge in [-0.05, 0) is 71.0 Å². The fourth-order valence-corrected chi connectivity index (χ4v) is 2.63. The summed E-state index contributed by atoms with van der Waals surface area (Å²) in [6.07, 6.45) is -4.57. The average molecular weight is 409 g/mol. The van der Waals surface area contributed by atoms with Gasteiger partial charge in [0.1, 0.15) is 5.82 Å². The molecule has 6 heteroatoms. The van der Waals surface area contributed by atoms with Gasteiger partial charge in [-0.3, -0.25) is 0 Å². The van der Waals surface area contributed by atoms with Gasteiger partial charge in [0.05, 0.1) is 5.56 Å².